The van der Waals surface area contributed by atoms with Crippen molar-refractivity contribution in [1.29, 1.82) is 0 Å². The summed E-state index contributed by atoms with van der Waals surface area (Å²) in [5.74, 6) is 0.630. The number of methoxy groups -OCH3 is 1. The lowest BCUT2D eigenvalue weighted by Crippen LogP contribution is -2.33. The Balaban J connectivity index is 2.75. The Hall–Kier alpha value is -0.620. The molecule has 0 aliphatic carbocycles. The molecule has 1 aromatic rings. The molecule has 1 unspecified atom stereocenters. The average molecular weight is 359 g/mol. The van der Waals surface area contributed by atoms with Crippen molar-refractivity contribution in [3.8, 4) is 0 Å². The van der Waals surface area contributed by atoms with Gasteiger partial charge in [-0.15, -0.1) is 0 Å². The molecule has 21 heavy (non-hydrogen) atoms. The minimum Gasteiger partial charge on any atom is -0.389 e. The van der Waals surface area contributed by atoms with E-state index in [-0.39, 0.29) is 0 Å². The topological polar surface area (TPSA) is 44.7 Å². The van der Waals surface area contributed by atoms with E-state index < -0.39 is 6.10 Å². The van der Waals surface area contributed by atoms with Crippen molar-refractivity contribution >= 4 is 21.6 Å². The first-order valence-electron chi connectivity index (χ1n) is 7.31. The van der Waals surface area contributed by atoms with Crippen molar-refractivity contribution in [2.45, 2.75) is 26.5 Å². The summed E-state index contributed by atoms with van der Waals surface area (Å²) in [5.41, 5.74) is 2.35. The van der Waals surface area contributed by atoms with Crippen molar-refractivity contribution in [2.24, 2.45) is 5.92 Å². The molecule has 0 fully saturated rings. The summed E-state index contributed by atoms with van der Waals surface area (Å²) in [4.78, 5) is 2.07. The fraction of sp³-hybridized carbons (Fsp3) is 0.625. The molecule has 2 N–H and O–H groups in total. The van der Waals surface area contributed by atoms with Crippen molar-refractivity contribution in [3.05, 3.63) is 28.2 Å². The third-order valence-corrected chi connectivity index (χ3v) is 3.66. The molecule has 4 nitrogen and oxygen atoms in total. The number of hydrogen-bond acceptors (Lipinski definition) is 4. The van der Waals surface area contributed by atoms with Gasteiger partial charge in [0, 0.05) is 37.4 Å². The van der Waals surface area contributed by atoms with Gasteiger partial charge in [-0.2, -0.15) is 0 Å². The summed E-state index contributed by atoms with van der Waals surface area (Å²) in [7, 11) is 3.59. The molecule has 0 spiro atoms. The van der Waals surface area contributed by atoms with Crippen LogP contribution in [0.2, 0.25) is 0 Å². The number of aliphatic hydroxyl groups is 1. The van der Waals surface area contributed by atoms with E-state index in [4.69, 9.17) is 4.74 Å². The van der Waals surface area contributed by atoms with Gasteiger partial charge in [-0.05, 0) is 30.2 Å². The fourth-order valence-corrected chi connectivity index (χ4v) is 2.55. The Kier molecular flexibility index (Phi) is 8.26. The molecule has 0 heterocycles. The Labute approximate surface area is 136 Å². The van der Waals surface area contributed by atoms with Crippen LogP contribution in [-0.4, -0.2) is 45.1 Å². The highest BCUT2D eigenvalue weighted by Gasteiger charge is 2.12. The van der Waals surface area contributed by atoms with Gasteiger partial charge in [-0.3, -0.25) is 0 Å². The van der Waals surface area contributed by atoms with Crippen LogP contribution in [0.4, 0.5) is 5.69 Å². The van der Waals surface area contributed by atoms with Gasteiger partial charge < -0.3 is 20.1 Å². The Morgan fingerprint density at radius 3 is 2.71 bits per heavy atom. The van der Waals surface area contributed by atoms with Crippen LogP contribution in [0.25, 0.3) is 0 Å². The van der Waals surface area contributed by atoms with E-state index in [1.165, 1.54) is 5.56 Å². The molecule has 1 atom stereocenters. The van der Waals surface area contributed by atoms with Gasteiger partial charge in [0.05, 0.1) is 12.7 Å². The van der Waals surface area contributed by atoms with E-state index in [0.717, 1.165) is 23.2 Å². The summed E-state index contributed by atoms with van der Waals surface area (Å²) in [5, 5.41) is 13.4. The maximum Gasteiger partial charge on any atom is 0.0947 e. The Bertz CT molecular complexity index is 427. The highest BCUT2D eigenvalue weighted by molar-refractivity contribution is 9.10. The number of anilines is 1. The Morgan fingerprint density at radius 1 is 1.38 bits per heavy atom. The van der Waals surface area contributed by atoms with Gasteiger partial charge in [-0.25, -0.2) is 0 Å². The van der Waals surface area contributed by atoms with Crippen LogP contribution in [0.5, 0.6) is 0 Å². The van der Waals surface area contributed by atoms with Crippen molar-refractivity contribution in [3.63, 3.8) is 0 Å². The van der Waals surface area contributed by atoms with E-state index in [0.29, 0.717) is 19.1 Å². The van der Waals surface area contributed by atoms with Gasteiger partial charge in [0.25, 0.3) is 0 Å². The molecule has 5 heteroatoms. The van der Waals surface area contributed by atoms with Gasteiger partial charge in [0.1, 0.15) is 0 Å². The van der Waals surface area contributed by atoms with Crippen LogP contribution in [0.15, 0.2) is 22.7 Å². The van der Waals surface area contributed by atoms with Crippen LogP contribution in [-0.2, 0) is 11.3 Å². The molecular formula is C16H27BrN2O2. The second kappa shape index (κ2) is 9.41. The third-order valence-electron chi connectivity index (χ3n) is 3.17. The lowest BCUT2D eigenvalue weighted by Gasteiger charge is -2.25. The van der Waals surface area contributed by atoms with E-state index in [1.54, 1.807) is 7.11 Å². The van der Waals surface area contributed by atoms with Gasteiger partial charge >= 0.3 is 0 Å². The molecule has 1 aromatic carbocycles. The molecule has 1 rings (SSSR count). The SMILES string of the molecule is COCC(O)CN(C)c1cc(Br)ccc1CNCC(C)C. The largest absolute Gasteiger partial charge is 0.389 e. The van der Waals surface area contributed by atoms with Crippen molar-refractivity contribution in [1.82, 2.24) is 5.32 Å². The standard InChI is InChI=1S/C16H27BrN2O2/c1-12(2)8-18-9-13-5-6-14(17)7-16(13)19(3)10-15(20)11-21-4/h5-7,12,15,18,20H,8-11H2,1-4H3. The lowest BCUT2D eigenvalue weighted by molar-refractivity contribution is 0.0695. The van der Waals surface area contributed by atoms with E-state index >= 15 is 0 Å². The molecule has 0 aromatic heterocycles. The zero-order valence-corrected chi connectivity index (χ0v) is 15.0. The number of hydrogen-bond donors (Lipinski definition) is 2. The second-order valence-electron chi connectivity index (χ2n) is 5.79. The monoisotopic (exact) mass is 358 g/mol. The maximum atomic E-state index is 9.90. The summed E-state index contributed by atoms with van der Waals surface area (Å²) >= 11 is 3.52. The molecule has 0 saturated carbocycles. The predicted octanol–water partition coefficient (Wildman–Crippen LogP) is 2.64. The second-order valence-corrected chi connectivity index (χ2v) is 6.70. The smallest absolute Gasteiger partial charge is 0.0947 e. The molecule has 0 amide bonds. The average Bonchev–Trinajstić information content (AvgIpc) is 2.40. The van der Waals surface area contributed by atoms with Crippen molar-refractivity contribution in [2.75, 3.05) is 38.8 Å². The lowest BCUT2D eigenvalue weighted by atomic mass is 10.1. The molecular weight excluding hydrogens is 332 g/mol. The predicted molar refractivity (Wildman–Crippen MR) is 91.8 cm³/mol. The molecule has 0 radical (unpaired) electrons. The molecule has 120 valence electrons. The fourth-order valence-electron chi connectivity index (χ4n) is 2.20. The molecule has 0 saturated heterocycles. The van der Waals surface area contributed by atoms with Crippen LogP contribution < -0.4 is 10.2 Å². The molecule has 0 aliphatic rings. The highest BCUT2D eigenvalue weighted by atomic mass is 79.9. The molecule has 0 bridgehead atoms. The first-order valence-corrected chi connectivity index (χ1v) is 8.10. The quantitative estimate of drug-likeness (QED) is 0.712. The highest BCUT2D eigenvalue weighted by Crippen LogP contribution is 2.24. The number of nitrogens with one attached hydrogen (secondary N) is 1. The first kappa shape index (κ1) is 18.4. The summed E-state index contributed by atoms with van der Waals surface area (Å²) in [6.07, 6.45) is -0.490. The van der Waals surface area contributed by atoms with Crippen LogP contribution in [0.3, 0.4) is 0 Å². The maximum absolute atomic E-state index is 9.90. The van der Waals surface area contributed by atoms with Gasteiger partial charge in [-0.1, -0.05) is 35.8 Å². The minimum absolute atomic E-state index is 0.347. The van der Waals surface area contributed by atoms with E-state index in [2.05, 4.69) is 58.2 Å². The van der Waals surface area contributed by atoms with E-state index in [1.807, 2.05) is 7.05 Å². The number of rotatable bonds is 9. The Morgan fingerprint density at radius 2 is 2.10 bits per heavy atom. The number of benzene rings is 1. The van der Waals surface area contributed by atoms with Crippen LogP contribution in [0.1, 0.15) is 19.4 Å². The van der Waals surface area contributed by atoms with Gasteiger partial charge in [0.2, 0.25) is 0 Å². The first-order chi connectivity index (χ1) is 9.93. The normalized spacial score (nSPS) is 12.7. The zero-order chi connectivity index (χ0) is 15.8. The number of aliphatic hydroxyl groups excluding tert-OH is 1. The zero-order valence-electron chi connectivity index (χ0n) is 13.4. The number of likely N-dealkylation sites (N-methyl/N-ethyl adjacent to an activating group) is 1. The summed E-state index contributed by atoms with van der Waals surface area (Å²) in [6, 6.07) is 6.26. The number of halogens is 1. The minimum atomic E-state index is -0.490. The number of ether oxygens (including phenoxy) is 1. The third kappa shape index (κ3) is 6.78. The summed E-state index contributed by atoms with van der Waals surface area (Å²) < 4.78 is 6.03. The van der Waals surface area contributed by atoms with Crippen molar-refractivity contribution < 1.29 is 9.84 Å². The molecule has 0 aliphatic heterocycles. The number of nitrogens with zero attached hydrogens (tertiary/aromatic N) is 1. The van der Waals surface area contributed by atoms with Gasteiger partial charge in [0.15, 0.2) is 0 Å². The van der Waals surface area contributed by atoms with E-state index in [9.17, 15) is 5.11 Å². The summed E-state index contributed by atoms with van der Waals surface area (Å²) in [6.45, 7) is 7.10. The van der Waals surface area contributed by atoms with Crippen LogP contribution >= 0.6 is 15.9 Å². The van der Waals surface area contributed by atoms with Crippen LogP contribution in [0, 0.1) is 5.92 Å².